The Kier molecular flexibility index (Phi) is 11.5. The molecule has 1 amide bonds. The molecule has 0 saturated carbocycles. The second-order valence-electron chi connectivity index (χ2n) is 7.32. The Hall–Kier alpha value is -0.890. The van der Waals surface area contributed by atoms with Crippen molar-refractivity contribution >= 4 is 5.91 Å². The van der Waals surface area contributed by atoms with Gasteiger partial charge >= 0.3 is 41.7 Å². The second kappa shape index (κ2) is 10.4. The normalized spacial score (nSPS) is 14.8. The Morgan fingerprint density at radius 3 is 1.09 bits per heavy atom. The maximum Gasteiger partial charge on any atom is 0.460 e. The summed E-state index contributed by atoms with van der Waals surface area (Å²) in [7, 11) is 6.64. The van der Waals surface area contributed by atoms with Gasteiger partial charge in [-0.25, -0.2) is 0 Å². The number of carbonyl (C=O) groups is 1. The number of rotatable bonds is 8. The van der Waals surface area contributed by atoms with Gasteiger partial charge in [-0.2, -0.15) is 65.9 Å². The van der Waals surface area contributed by atoms with Gasteiger partial charge in [0.05, 0.1) is 27.7 Å². The minimum atomic E-state index is -8.42. The van der Waals surface area contributed by atoms with Crippen LogP contribution in [0.5, 0.6) is 0 Å². The number of amides is 1. The highest BCUT2D eigenvalue weighted by Gasteiger charge is 2.93. The van der Waals surface area contributed by atoms with E-state index in [1.54, 1.807) is 0 Å². The van der Waals surface area contributed by atoms with Crippen molar-refractivity contribution in [2.45, 2.75) is 55.1 Å². The quantitative estimate of drug-likeness (QED) is 0.246. The van der Waals surface area contributed by atoms with Gasteiger partial charge in [0, 0.05) is 0 Å². The third-order valence-corrected chi connectivity index (χ3v) is 3.53. The highest BCUT2D eigenvalue weighted by molar-refractivity contribution is 5.83. The Labute approximate surface area is 194 Å². The molecule has 2 N–H and O–H groups in total. The Bertz CT molecular complexity index is 656. The number of carbonyl (C=O) groups excluding carboxylic acids is 1. The van der Waals surface area contributed by atoms with E-state index in [2.05, 4.69) is 33.8 Å². The lowest BCUT2D eigenvalue weighted by Gasteiger charge is -2.40. The van der Waals surface area contributed by atoms with Gasteiger partial charge in [-0.1, -0.05) is 6.92 Å². The van der Waals surface area contributed by atoms with Gasteiger partial charge in [-0.05, 0) is 6.42 Å². The van der Waals surface area contributed by atoms with Crippen LogP contribution in [0.15, 0.2) is 0 Å². The predicted octanol–water partition coefficient (Wildman–Crippen LogP) is 1.95. The van der Waals surface area contributed by atoms with E-state index in [1.807, 2.05) is 0 Å². The molecule has 0 aliphatic carbocycles. The second-order valence-corrected chi connectivity index (χ2v) is 7.32. The van der Waals surface area contributed by atoms with Crippen molar-refractivity contribution in [3.8, 4) is 0 Å². The van der Waals surface area contributed by atoms with Crippen molar-refractivity contribution in [1.29, 1.82) is 0 Å². The fraction of sp³-hybridized carbons (Fsp3) is 0.929. The van der Waals surface area contributed by atoms with E-state index >= 15 is 0 Å². The Morgan fingerprint density at radius 1 is 0.636 bits per heavy atom. The van der Waals surface area contributed by atoms with Crippen LogP contribution < -0.4 is 29.7 Å². The molecular formula is C14H18F15IN2O. The molecular weight excluding hydrogens is 624 g/mol. The van der Waals surface area contributed by atoms with E-state index in [-0.39, 0.29) is 24.0 Å². The van der Waals surface area contributed by atoms with Gasteiger partial charge in [0.1, 0.15) is 0 Å². The zero-order valence-corrected chi connectivity index (χ0v) is 19.1. The molecule has 0 rings (SSSR count). The molecule has 0 atom stereocenters. The topological polar surface area (TPSA) is 43.1 Å². The maximum atomic E-state index is 12.9. The summed E-state index contributed by atoms with van der Waals surface area (Å²) in [5, 5.41) is 0. The molecule has 0 spiro atoms. The lowest BCUT2D eigenvalue weighted by atomic mass is 9.91. The zero-order chi connectivity index (χ0) is 27.0. The van der Waals surface area contributed by atoms with E-state index in [9.17, 15) is 70.7 Å². The largest absolute Gasteiger partial charge is 1.00 e. The first kappa shape index (κ1) is 36.7. The third kappa shape index (κ3) is 6.62. The number of quaternary nitrogens is 1. The minimum Gasteiger partial charge on any atom is -1.00 e. The summed E-state index contributed by atoms with van der Waals surface area (Å²) in [5.41, 5.74) is 3.50. The number of halogens is 16. The standard InChI is InChI=1S/C8H2F15NO.C6H16N.HI/c9-2(10,1(24)25)3(11,12)4(13,14)5(15,16)6(17,18)7(19,20)8(21,22)23;1-5-6-7(2,3)4;/h(H2,24,25);5-6H2,1-4H3;1H/q;+1;/p-1. The summed E-state index contributed by atoms with van der Waals surface area (Å²) < 4.78 is 188. The monoisotopic (exact) mass is 642 g/mol. The molecule has 0 aliphatic rings. The van der Waals surface area contributed by atoms with Crippen LogP contribution in [0.1, 0.15) is 13.3 Å². The first-order chi connectivity index (χ1) is 13.5. The van der Waals surface area contributed by atoms with Crippen molar-refractivity contribution < 1.29 is 99.1 Å². The van der Waals surface area contributed by atoms with E-state index in [0.29, 0.717) is 0 Å². The lowest BCUT2D eigenvalue weighted by Crippen LogP contribution is -3.00. The molecule has 0 radical (unpaired) electrons. The molecule has 3 nitrogen and oxygen atoms in total. The Balaban J connectivity index is -0.000000969. The number of nitrogens with two attached hydrogens (primary N) is 1. The number of primary amides is 1. The van der Waals surface area contributed by atoms with Crippen LogP contribution in [0.4, 0.5) is 65.9 Å². The Morgan fingerprint density at radius 2 is 0.909 bits per heavy atom. The maximum absolute atomic E-state index is 12.9. The van der Waals surface area contributed by atoms with Gasteiger partial charge < -0.3 is 34.2 Å². The van der Waals surface area contributed by atoms with Crippen LogP contribution >= 0.6 is 0 Å². The van der Waals surface area contributed by atoms with Crippen LogP contribution in [-0.2, 0) is 4.79 Å². The fourth-order valence-electron chi connectivity index (χ4n) is 1.79. The summed E-state index contributed by atoms with van der Waals surface area (Å²) in [6, 6.07) is 0. The number of hydrogen-bond donors (Lipinski definition) is 1. The summed E-state index contributed by atoms with van der Waals surface area (Å²) in [4.78, 5) is 9.95. The van der Waals surface area contributed by atoms with Crippen molar-refractivity contribution in [2.75, 3.05) is 27.7 Å². The molecule has 0 fully saturated rings. The average molecular weight is 642 g/mol. The van der Waals surface area contributed by atoms with Gasteiger partial charge in [0.25, 0.3) is 5.91 Å². The van der Waals surface area contributed by atoms with Crippen molar-refractivity contribution in [3.63, 3.8) is 0 Å². The molecule has 0 aromatic heterocycles. The fourth-order valence-corrected chi connectivity index (χ4v) is 1.79. The molecule has 0 unspecified atom stereocenters. The smallest absolute Gasteiger partial charge is 0.460 e. The highest BCUT2D eigenvalue weighted by Crippen LogP contribution is 2.62. The van der Waals surface area contributed by atoms with Gasteiger partial charge in [0.15, 0.2) is 0 Å². The first-order valence-corrected chi connectivity index (χ1v) is 7.94. The van der Waals surface area contributed by atoms with E-state index in [1.165, 1.54) is 13.0 Å². The lowest BCUT2D eigenvalue weighted by molar-refractivity contribution is -0.870. The first-order valence-electron chi connectivity index (χ1n) is 7.94. The third-order valence-electron chi connectivity index (χ3n) is 3.53. The molecule has 0 bridgehead atoms. The summed E-state index contributed by atoms with van der Waals surface area (Å²) in [6.07, 6.45) is -6.39. The number of hydrogen-bond acceptors (Lipinski definition) is 1. The zero-order valence-electron chi connectivity index (χ0n) is 16.9. The van der Waals surface area contributed by atoms with E-state index in [0.717, 1.165) is 4.48 Å². The van der Waals surface area contributed by atoms with Crippen LogP contribution in [-0.4, -0.2) is 79.8 Å². The summed E-state index contributed by atoms with van der Waals surface area (Å²) in [6.45, 7) is 3.49. The van der Waals surface area contributed by atoms with E-state index < -0.39 is 47.6 Å². The van der Waals surface area contributed by atoms with Crippen LogP contribution in [0.2, 0.25) is 0 Å². The predicted molar refractivity (Wildman–Crippen MR) is 78.1 cm³/mol. The van der Waals surface area contributed by atoms with Crippen molar-refractivity contribution in [1.82, 2.24) is 0 Å². The number of alkyl halides is 15. The molecule has 0 aromatic rings. The molecule has 202 valence electrons. The minimum absolute atomic E-state index is 0. The molecule has 33 heavy (non-hydrogen) atoms. The average Bonchev–Trinajstić information content (AvgIpc) is 2.51. The summed E-state index contributed by atoms with van der Waals surface area (Å²) in [5.74, 6) is -51.8. The molecule has 0 saturated heterocycles. The number of nitrogens with zero attached hydrogens (tertiary/aromatic N) is 1. The highest BCUT2D eigenvalue weighted by atomic mass is 127. The molecule has 0 aromatic carbocycles. The molecule has 19 heteroatoms. The van der Waals surface area contributed by atoms with Gasteiger partial charge in [-0.15, -0.1) is 0 Å². The molecule has 0 heterocycles. The SMILES string of the molecule is CCC[N+](C)(C)C.NC(=O)C(F)(F)C(F)(F)C(F)(F)C(F)(F)C(F)(F)C(F)(F)C(F)(F)F.[I-]. The van der Waals surface area contributed by atoms with Crippen LogP contribution in [0, 0.1) is 0 Å². The van der Waals surface area contributed by atoms with Crippen molar-refractivity contribution in [3.05, 3.63) is 0 Å². The van der Waals surface area contributed by atoms with Crippen molar-refractivity contribution in [2.24, 2.45) is 5.73 Å². The van der Waals surface area contributed by atoms with Crippen LogP contribution in [0.25, 0.3) is 0 Å². The van der Waals surface area contributed by atoms with Gasteiger partial charge in [0.2, 0.25) is 0 Å². The van der Waals surface area contributed by atoms with Crippen LogP contribution in [0.3, 0.4) is 0 Å². The van der Waals surface area contributed by atoms with Gasteiger partial charge in [-0.3, -0.25) is 4.79 Å². The molecule has 0 aliphatic heterocycles. The van der Waals surface area contributed by atoms with E-state index in [4.69, 9.17) is 0 Å². The summed E-state index contributed by atoms with van der Waals surface area (Å²) >= 11 is 0.